The first-order valence-corrected chi connectivity index (χ1v) is 13.4. The number of nitrogens with one attached hydrogen (secondary N) is 1. The van der Waals surface area contributed by atoms with Crippen molar-refractivity contribution in [3.05, 3.63) is 51.8 Å². The zero-order valence-electron chi connectivity index (χ0n) is 19.5. The molecule has 1 aliphatic heterocycles. The Labute approximate surface area is 210 Å². The number of carbonyl (C=O) groups excluding carboxylic acids is 2. The second-order valence-electron chi connectivity index (χ2n) is 9.07. The minimum atomic E-state index is 0.00554. The SMILES string of the molecule is COC1CCN(C(=O)c2cc3nccc(Oc4ccc5c(C(=O)NC6CC6)c(C)sc5c4)c3s2)C1. The van der Waals surface area contributed by atoms with Crippen molar-refractivity contribution in [2.75, 3.05) is 20.2 Å². The molecule has 3 aromatic heterocycles. The summed E-state index contributed by atoms with van der Waals surface area (Å²) in [5.41, 5.74) is 1.50. The van der Waals surface area contributed by atoms with Gasteiger partial charge in [0.2, 0.25) is 0 Å². The van der Waals surface area contributed by atoms with E-state index >= 15 is 0 Å². The first kappa shape index (κ1) is 22.5. The number of nitrogens with zero attached hydrogens (tertiary/aromatic N) is 2. The van der Waals surface area contributed by atoms with Crippen LogP contribution in [0.1, 0.15) is 44.2 Å². The van der Waals surface area contributed by atoms with Crippen LogP contribution in [0, 0.1) is 6.92 Å². The number of thiophene rings is 2. The summed E-state index contributed by atoms with van der Waals surface area (Å²) < 4.78 is 13.5. The van der Waals surface area contributed by atoms with E-state index in [9.17, 15) is 9.59 Å². The highest BCUT2D eigenvalue weighted by Crippen LogP contribution is 2.38. The van der Waals surface area contributed by atoms with Gasteiger partial charge in [0.25, 0.3) is 11.8 Å². The maximum absolute atomic E-state index is 13.0. The molecule has 180 valence electrons. The molecule has 2 amide bonds. The second-order valence-corrected chi connectivity index (χ2v) is 11.4. The van der Waals surface area contributed by atoms with E-state index in [0.717, 1.165) is 50.0 Å². The zero-order valence-corrected chi connectivity index (χ0v) is 21.1. The fourth-order valence-corrected chi connectivity index (χ4v) is 6.64. The van der Waals surface area contributed by atoms with Gasteiger partial charge in [0, 0.05) is 53.5 Å². The second kappa shape index (κ2) is 8.89. The molecule has 9 heteroatoms. The number of fused-ring (bicyclic) bond motifs is 2. The van der Waals surface area contributed by atoms with Gasteiger partial charge in [0.05, 0.1) is 26.8 Å². The molecule has 1 unspecified atom stereocenters. The molecule has 4 heterocycles. The predicted octanol–water partition coefficient (Wildman–Crippen LogP) is 5.36. The minimum Gasteiger partial charge on any atom is -0.456 e. The number of aromatic nitrogens is 1. The molecule has 35 heavy (non-hydrogen) atoms. The summed E-state index contributed by atoms with van der Waals surface area (Å²) >= 11 is 3.00. The summed E-state index contributed by atoms with van der Waals surface area (Å²) in [6.07, 6.45) is 4.78. The van der Waals surface area contributed by atoms with Crippen LogP contribution >= 0.6 is 22.7 Å². The molecular formula is C26H25N3O4S2. The van der Waals surface area contributed by atoms with Gasteiger partial charge < -0.3 is 19.7 Å². The number of methoxy groups -OCH3 is 1. The summed E-state index contributed by atoms with van der Waals surface area (Å²) in [6, 6.07) is 9.81. The van der Waals surface area contributed by atoms with Crippen molar-refractivity contribution < 1.29 is 19.1 Å². The van der Waals surface area contributed by atoms with Gasteiger partial charge in [0.15, 0.2) is 0 Å². The molecule has 1 saturated carbocycles. The van der Waals surface area contributed by atoms with E-state index < -0.39 is 0 Å². The Morgan fingerprint density at radius 3 is 2.77 bits per heavy atom. The molecule has 0 radical (unpaired) electrons. The number of benzene rings is 1. The third-order valence-electron chi connectivity index (χ3n) is 6.56. The lowest BCUT2D eigenvalue weighted by molar-refractivity contribution is 0.0728. The number of ether oxygens (including phenoxy) is 2. The van der Waals surface area contributed by atoms with E-state index in [2.05, 4.69) is 10.3 Å². The van der Waals surface area contributed by atoms with Gasteiger partial charge in [-0.1, -0.05) is 0 Å². The molecule has 1 aromatic carbocycles. The molecule has 2 fully saturated rings. The van der Waals surface area contributed by atoms with Crippen LogP contribution in [-0.4, -0.2) is 54.0 Å². The van der Waals surface area contributed by atoms with Gasteiger partial charge in [-0.15, -0.1) is 22.7 Å². The Kier molecular flexibility index (Phi) is 5.70. The van der Waals surface area contributed by atoms with E-state index in [1.165, 1.54) is 11.3 Å². The normalized spacial score (nSPS) is 17.9. The number of pyridine rings is 1. The maximum Gasteiger partial charge on any atom is 0.264 e. The standard InChI is InChI=1S/C26H25N3O4S2/c1-14-23(25(30)28-15-3-4-15)18-6-5-16(11-21(18)34-14)33-20-7-9-27-19-12-22(35-24(19)20)26(31)29-10-8-17(13-29)32-2/h5-7,9,11-12,15,17H,3-4,8,10,13H2,1-2H3,(H,28,30). The minimum absolute atomic E-state index is 0.00554. The van der Waals surface area contributed by atoms with Crippen molar-refractivity contribution in [1.29, 1.82) is 0 Å². The van der Waals surface area contributed by atoms with Crippen molar-refractivity contribution in [2.45, 2.75) is 38.3 Å². The van der Waals surface area contributed by atoms with Crippen molar-refractivity contribution >= 4 is 54.8 Å². The van der Waals surface area contributed by atoms with Crippen molar-refractivity contribution in [2.24, 2.45) is 0 Å². The molecule has 1 saturated heterocycles. The van der Waals surface area contributed by atoms with Crippen molar-refractivity contribution in [3.63, 3.8) is 0 Å². The van der Waals surface area contributed by atoms with Crippen LogP contribution in [-0.2, 0) is 4.74 Å². The molecular weight excluding hydrogens is 482 g/mol. The molecule has 2 aliphatic rings. The average Bonchev–Trinajstić information content (AvgIpc) is 3.24. The van der Waals surface area contributed by atoms with Crippen LogP contribution in [0.2, 0.25) is 0 Å². The lowest BCUT2D eigenvalue weighted by Crippen LogP contribution is -2.29. The van der Waals surface area contributed by atoms with Crippen LogP contribution in [0.3, 0.4) is 0 Å². The summed E-state index contributed by atoms with van der Waals surface area (Å²) in [5.74, 6) is 1.36. The van der Waals surface area contributed by atoms with Crippen LogP contribution in [0.15, 0.2) is 36.5 Å². The Morgan fingerprint density at radius 2 is 2.00 bits per heavy atom. The quantitative estimate of drug-likeness (QED) is 0.380. The molecule has 0 spiro atoms. The summed E-state index contributed by atoms with van der Waals surface area (Å²) in [4.78, 5) is 33.7. The molecule has 1 N–H and O–H groups in total. The number of rotatable bonds is 6. The number of amides is 2. The number of carbonyl (C=O) groups is 2. The largest absolute Gasteiger partial charge is 0.456 e. The van der Waals surface area contributed by atoms with Crippen LogP contribution in [0.25, 0.3) is 20.3 Å². The van der Waals surface area contributed by atoms with Gasteiger partial charge in [-0.3, -0.25) is 14.6 Å². The fourth-order valence-electron chi connectivity index (χ4n) is 4.52. The van der Waals surface area contributed by atoms with Gasteiger partial charge in [-0.2, -0.15) is 0 Å². The summed E-state index contributed by atoms with van der Waals surface area (Å²) in [7, 11) is 1.68. The Hall–Kier alpha value is -3.01. The van der Waals surface area contributed by atoms with E-state index in [4.69, 9.17) is 9.47 Å². The smallest absolute Gasteiger partial charge is 0.264 e. The topological polar surface area (TPSA) is 80.8 Å². The number of aryl methyl sites for hydroxylation is 1. The lowest BCUT2D eigenvalue weighted by atomic mass is 10.1. The molecule has 1 aliphatic carbocycles. The van der Waals surface area contributed by atoms with Gasteiger partial charge in [0.1, 0.15) is 11.5 Å². The third kappa shape index (κ3) is 4.28. The number of likely N-dealkylation sites (tertiary alicyclic amines) is 1. The van der Waals surface area contributed by atoms with E-state index in [0.29, 0.717) is 35.5 Å². The van der Waals surface area contributed by atoms with Gasteiger partial charge >= 0.3 is 0 Å². The van der Waals surface area contributed by atoms with Crippen LogP contribution < -0.4 is 10.1 Å². The van der Waals surface area contributed by atoms with E-state index in [1.54, 1.807) is 24.6 Å². The molecule has 6 rings (SSSR count). The van der Waals surface area contributed by atoms with Crippen molar-refractivity contribution in [3.8, 4) is 11.5 Å². The monoisotopic (exact) mass is 507 g/mol. The molecule has 0 bridgehead atoms. The highest BCUT2D eigenvalue weighted by molar-refractivity contribution is 7.21. The number of hydrogen-bond donors (Lipinski definition) is 1. The molecule has 1 atom stereocenters. The highest BCUT2D eigenvalue weighted by Gasteiger charge is 2.29. The Morgan fingerprint density at radius 1 is 1.14 bits per heavy atom. The van der Waals surface area contributed by atoms with Crippen molar-refractivity contribution in [1.82, 2.24) is 15.2 Å². The Bertz CT molecular complexity index is 1460. The van der Waals surface area contributed by atoms with Crippen LogP contribution in [0.4, 0.5) is 0 Å². The molecule has 4 aromatic rings. The average molecular weight is 508 g/mol. The van der Waals surface area contributed by atoms with E-state index in [1.807, 2.05) is 42.2 Å². The zero-order chi connectivity index (χ0) is 24.1. The fraction of sp³-hybridized carbons (Fsp3) is 0.346. The summed E-state index contributed by atoms with van der Waals surface area (Å²) in [6.45, 7) is 3.30. The third-order valence-corrected chi connectivity index (χ3v) is 8.75. The van der Waals surface area contributed by atoms with Gasteiger partial charge in [-0.25, -0.2) is 0 Å². The summed E-state index contributed by atoms with van der Waals surface area (Å²) in [5, 5.41) is 4.04. The van der Waals surface area contributed by atoms with E-state index in [-0.39, 0.29) is 17.9 Å². The predicted molar refractivity (Wildman–Crippen MR) is 138 cm³/mol. The lowest BCUT2D eigenvalue weighted by Gasteiger charge is -2.14. The molecule has 7 nitrogen and oxygen atoms in total. The highest BCUT2D eigenvalue weighted by atomic mass is 32.1. The van der Waals surface area contributed by atoms with Gasteiger partial charge in [-0.05, 0) is 50.5 Å². The van der Waals surface area contributed by atoms with Crippen LogP contribution in [0.5, 0.6) is 11.5 Å². The number of hydrogen-bond acceptors (Lipinski definition) is 7. The maximum atomic E-state index is 13.0. The first-order chi connectivity index (χ1) is 17.0. The first-order valence-electron chi connectivity index (χ1n) is 11.7. The Balaban J connectivity index is 1.27.